The molecule has 0 radical (unpaired) electrons. The number of fused-ring (bicyclic) bond motifs is 8. The van der Waals surface area contributed by atoms with Crippen molar-refractivity contribution < 1.29 is 18.9 Å². The summed E-state index contributed by atoms with van der Waals surface area (Å²) in [6, 6.07) is 98.3. The Kier molecular flexibility index (Phi) is 23.3. The van der Waals surface area contributed by atoms with Crippen molar-refractivity contribution in [3.05, 3.63) is 396 Å². The molecule has 12 aromatic rings. The first-order valence-electron chi connectivity index (χ1n) is 33.7. The van der Waals surface area contributed by atoms with Gasteiger partial charge in [-0.15, -0.1) is 0 Å². The van der Waals surface area contributed by atoms with Gasteiger partial charge in [0.25, 0.3) is 0 Å². The van der Waals surface area contributed by atoms with Crippen LogP contribution in [0.25, 0.3) is 46.6 Å². The van der Waals surface area contributed by atoms with Crippen molar-refractivity contribution in [1.82, 2.24) is 0 Å². The average molecular weight is 1610 g/mol. The number of allylic oxidation sites excluding steroid dienone is 4. The third-order valence-corrected chi connectivity index (χ3v) is 20.0. The highest BCUT2D eigenvalue weighted by Crippen LogP contribution is 2.45. The lowest BCUT2D eigenvalue weighted by Crippen LogP contribution is -2.11. The molecule has 0 saturated carbocycles. The topological polar surface area (TPSA) is 132 Å². The lowest BCUT2D eigenvalue weighted by Gasteiger charge is -2.25. The third-order valence-electron chi connectivity index (χ3n) is 17.8. The predicted octanol–water partition coefficient (Wildman–Crippen LogP) is 24.0. The lowest BCUT2D eigenvalue weighted by molar-refractivity contribution is 0.293. The molecule has 12 aromatic carbocycles. The van der Waals surface area contributed by atoms with Gasteiger partial charge in [0.1, 0.15) is 49.4 Å². The molecule has 0 aromatic heterocycles. The molecule has 0 atom stereocenters. The van der Waals surface area contributed by atoms with Gasteiger partial charge in [-0.2, -0.15) is 21.0 Å². The zero-order valence-electron chi connectivity index (χ0n) is 56.3. The number of rotatable bonds is 20. The molecule has 0 unspecified atom stereocenters. The number of hydrogen-bond donors (Lipinski definition) is 0. The fourth-order valence-corrected chi connectivity index (χ4v) is 13.9. The van der Waals surface area contributed by atoms with Crippen molar-refractivity contribution in [2.24, 2.45) is 0 Å². The van der Waals surface area contributed by atoms with Crippen LogP contribution in [0.4, 0.5) is 0 Å². The van der Waals surface area contributed by atoms with Gasteiger partial charge in [0, 0.05) is 43.6 Å². The van der Waals surface area contributed by atoms with Crippen LogP contribution in [-0.4, -0.2) is 0 Å². The van der Waals surface area contributed by atoms with Crippen LogP contribution in [0.15, 0.2) is 285 Å². The highest BCUT2D eigenvalue weighted by atomic mass is 79.9. The van der Waals surface area contributed by atoms with Crippen molar-refractivity contribution in [3.63, 3.8) is 0 Å². The van der Waals surface area contributed by atoms with Crippen molar-refractivity contribution in [2.75, 3.05) is 0 Å². The fraction of sp³-hybridized carbons (Fsp3) is 0.0870. The van der Waals surface area contributed by atoms with E-state index >= 15 is 0 Å². The molecule has 0 amide bonds. The van der Waals surface area contributed by atoms with E-state index in [1.54, 1.807) is 0 Å². The van der Waals surface area contributed by atoms with Crippen molar-refractivity contribution >= 4 is 110 Å². The van der Waals surface area contributed by atoms with E-state index in [1.807, 2.05) is 291 Å². The molecule has 0 saturated heterocycles. The quantitative estimate of drug-likeness (QED) is 0.0544. The Morgan fingerprint density at radius 1 is 0.260 bits per heavy atom. The maximum atomic E-state index is 11.5. The van der Waals surface area contributed by atoms with E-state index in [4.69, 9.17) is 18.9 Å². The molecule has 0 aliphatic heterocycles. The van der Waals surface area contributed by atoms with Crippen LogP contribution < -0.4 is 18.9 Å². The summed E-state index contributed by atoms with van der Waals surface area (Å²) in [5, 5.41) is 46.2. The molecular formula is C92H64Br4N4O4. The summed E-state index contributed by atoms with van der Waals surface area (Å²) in [5.74, 6) is 2.27. The minimum Gasteiger partial charge on any atom is -0.488 e. The number of hydrogen-bond acceptors (Lipinski definition) is 8. The number of halogens is 4. The smallest absolute Gasteiger partial charge is 0.126 e. The zero-order valence-corrected chi connectivity index (χ0v) is 62.6. The van der Waals surface area contributed by atoms with Crippen LogP contribution >= 0.6 is 63.7 Å². The van der Waals surface area contributed by atoms with E-state index in [2.05, 4.69) is 88.0 Å². The average Bonchev–Trinajstić information content (AvgIpc) is 0.763. The highest BCUT2D eigenvalue weighted by Gasteiger charge is 2.27. The minimum absolute atomic E-state index is 0.165. The summed E-state index contributed by atoms with van der Waals surface area (Å²) in [7, 11) is 0. The Bertz CT molecular complexity index is 4650. The number of nitrogens with zero attached hydrogens (tertiary/aromatic N) is 4. The molecule has 0 fully saturated rings. The van der Waals surface area contributed by atoms with E-state index in [0.29, 0.717) is 67.5 Å². The van der Waals surface area contributed by atoms with E-state index < -0.39 is 0 Å². The molecule has 0 heterocycles. The van der Waals surface area contributed by atoms with E-state index in [1.165, 1.54) is 0 Å². The maximum absolute atomic E-state index is 11.5. The second kappa shape index (κ2) is 34.1. The van der Waals surface area contributed by atoms with Crippen LogP contribution in [-0.2, 0) is 52.1 Å². The molecule has 13 rings (SSSR count). The standard InChI is InChI=1S/C92H64Br4N4O4/c93-85-29-21-61(22-30-85)37-81(53-97)69-41-73-49-75-43-70(82(54-98)38-62-23-31-86(94)32-24-62)45-77(90(75)102-58-66-15-7-2-8-16-66)51-79-47-72(84(56-100)40-64-27-35-88(96)36-28-64)48-80(92(79)104-60-68-19-11-4-12-20-68)52-78-46-71(83(55-99)39-63-25-33-87(95)34-26-63)44-76(91(78)103-59-67-17-9-3-10-18-67)50-74(42-69)89(73)101-57-65-13-5-1-6-14-65/h1-48H,49-52,57-60H2/b81-37+,82-38+,83-39+,84-40+. The van der Waals surface area contributed by atoms with Gasteiger partial charge in [0.2, 0.25) is 0 Å². The molecule has 1 aliphatic carbocycles. The summed E-state index contributed by atoms with van der Waals surface area (Å²) in [5.41, 5.74) is 17.0. The molecule has 504 valence electrons. The molecule has 1 aliphatic rings. The Labute approximate surface area is 640 Å². The van der Waals surface area contributed by atoms with Gasteiger partial charge in [-0.05, 0) is 233 Å². The van der Waals surface area contributed by atoms with Gasteiger partial charge in [-0.25, -0.2) is 0 Å². The van der Waals surface area contributed by atoms with Crippen LogP contribution in [0.3, 0.4) is 0 Å². The molecule has 8 nitrogen and oxygen atoms in total. The number of ether oxygens (including phenoxy) is 4. The van der Waals surface area contributed by atoms with Gasteiger partial charge < -0.3 is 18.9 Å². The van der Waals surface area contributed by atoms with E-state index in [9.17, 15) is 21.0 Å². The molecule has 104 heavy (non-hydrogen) atoms. The molecular weight excluding hydrogens is 1540 g/mol. The number of benzene rings is 12. The van der Waals surface area contributed by atoms with Gasteiger partial charge in [-0.3, -0.25) is 0 Å². The first kappa shape index (κ1) is 71.1. The van der Waals surface area contributed by atoms with Gasteiger partial charge in [0.05, 0.1) is 46.6 Å². The fourth-order valence-electron chi connectivity index (χ4n) is 12.8. The van der Waals surface area contributed by atoms with Crippen LogP contribution in [0, 0.1) is 45.3 Å². The lowest BCUT2D eigenvalue weighted by atomic mass is 9.86. The zero-order chi connectivity index (χ0) is 71.7. The largest absolute Gasteiger partial charge is 0.488 e. The Hall–Kier alpha value is -11.3. The normalized spacial score (nSPS) is 12.2. The second-order valence-corrected chi connectivity index (χ2v) is 28.8. The molecule has 12 heteroatoms. The number of nitriles is 4. The minimum atomic E-state index is 0.165. The second-order valence-electron chi connectivity index (χ2n) is 25.2. The summed E-state index contributed by atoms with van der Waals surface area (Å²) >= 11 is 14.5. The summed E-state index contributed by atoms with van der Waals surface area (Å²) in [4.78, 5) is 0. The van der Waals surface area contributed by atoms with E-state index in [0.717, 1.165) is 107 Å². The Morgan fingerprint density at radius 2 is 0.433 bits per heavy atom. The monoisotopic (exact) mass is 1600 g/mol. The Balaban J connectivity index is 1.17. The Morgan fingerprint density at radius 3 is 0.596 bits per heavy atom. The first-order valence-corrected chi connectivity index (χ1v) is 36.9. The summed E-state index contributed by atoms with van der Waals surface area (Å²) in [6.45, 7) is 0.714. The predicted molar refractivity (Wildman–Crippen MR) is 431 cm³/mol. The SMILES string of the molecule is N#C/C(=C\c1ccc(Br)cc1)c1cc2c(OCc3ccccc3)c(c1)Cc1cc(/C(C#N)=C/c3ccc(Br)cc3)cc(c1OCc1ccccc1)Cc1cc(/C(C#N)=C/c3ccc(Br)cc3)cc(c1OCc1ccccc1)Cc1cc(/C(C#N)=C/c3ccc(Br)cc3)cc(c1OCc1ccccc1)C2. The van der Waals surface area contributed by atoms with Crippen molar-refractivity contribution in [3.8, 4) is 47.3 Å². The summed E-state index contributed by atoms with van der Waals surface area (Å²) < 4.78 is 33.2. The molecule has 0 spiro atoms. The van der Waals surface area contributed by atoms with E-state index in [-0.39, 0.29) is 52.1 Å². The van der Waals surface area contributed by atoms with Crippen LogP contribution in [0.2, 0.25) is 0 Å². The van der Waals surface area contributed by atoms with Gasteiger partial charge >= 0.3 is 0 Å². The van der Waals surface area contributed by atoms with Crippen LogP contribution in [0.5, 0.6) is 23.0 Å². The maximum Gasteiger partial charge on any atom is 0.126 e. The van der Waals surface area contributed by atoms with Crippen LogP contribution in [0.1, 0.15) is 111 Å². The van der Waals surface area contributed by atoms with Crippen molar-refractivity contribution in [2.45, 2.75) is 52.1 Å². The molecule has 8 bridgehead atoms. The third kappa shape index (κ3) is 18.1. The highest BCUT2D eigenvalue weighted by molar-refractivity contribution is 9.11. The first-order chi connectivity index (χ1) is 50.9. The van der Waals surface area contributed by atoms with Crippen molar-refractivity contribution in [1.29, 1.82) is 21.0 Å². The molecule has 0 N–H and O–H groups in total. The summed E-state index contributed by atoms with van der Waals surface area (Å²) in [6.07, 6.45) is 8.25. The van der Waals surface area contributed by atoms with Gasteiger partial charge in [0.15, 0.2) is 0 Å². The van der Waals surface area contributed by atoms with Gasteiger partial charge in [-0.1, -0.05) is 234 Å².